The summed E-state index contributed by atoms with van der Waals surface area (Å²) < 4.78 is 35.5. The number of nitrogens with zero attached hydrogens (tertiary/aromatic N) is 2. The lowest BCUT2D eigenvalue weighted by Crippen LogP contribution is -2.27. The van der Waals surface area contributed by atoms with E-state index >= 15 is 0 Å². The van der Waals surface area contributed by atoms with E-state index in [-0.39, 0.29) is 6.61 Å². The summed E-state index contributed by atoms with van der Waals surface area (Å²) in [6.45, 7) is 0.386. The number of hydrogen-bond donors (Lipinski definition) is 0. The van der Waals surface area contributed by atoms with Gasteiger partial charge in [-0.1, -0.05) is 11.2 Å². The Kier molecular flexibility index (Phi) is 4.48. The molecule has 1 aliphatic heterocycles. The van der Waals surface area contributed by atoms with Crippen LogP contribution in [0.25, 0.3) is 10.6 Å². The number of benzene rings is 1. The number of carbonyl (C=O) groups is 1. The zero-order valence-corrected chi connectivity index (χ0v) is 16.0. The molecule has 0 saturated carbocycles. The molecule has 27 heavy (non-hydrogen) atoms. The van der Waals surface area contributed by atoms with Gasteiger partial charge in [0.25, 0.3) is 0 Å². The summed E-state index contributed by atoms with van der Waals surface area (Å²) in [5.41, 5.74) is 2.34. The number of ether oxygens (including phenoxy) is 1. The molecule has 1 aromatic carbocycles. The van der Waals surface area contributed by atoms with Gasteiger partial charge in [-0.05, 0) is 41.6 Å². The molecule has 3 heterocycles. The van der Waals surface area contributed by atoms with Gasteiger partial charge < -0.3 is 9.26 Å². The number of hydrogen-bond acceptors (Lipinski definition) is 7. The third-order valence-electron chi connectivity index (χ3n) is 4.24. The second kappa shape index (κ2) is 6.82. The SMILES string of the molecule is CS(=O)(=O)N1CCc2cc(C(=O)OCc3cc(-c4cccs4)on3)ccc21. The molecule has 0 spiro atoms. The summed E-state index contributed by atoms with van der Waals surface area (Å²) in [6, 6.07) is 10.5. The van der Waals surface area contributed by atoms with Crippen molar-refractivity contribution in [1.82, 2.24) is 5.16 Å². The van der Waals surface area contributed by atoms with Crippen molar-refractivity contribution in [3.8, 4) is 10.6 Å². The Balaban J connectivity index is 1.44. The summed E-state index contributed by atoms with van der Waals surface area (Å²) in [6.07, 6.45) is 1.74. The van der Waals surface area contributed by atoms with Gasteiger partial charge in [0.15, 0.2) is 5.76 Å². The summed E-state index contributed by atoms with van der Waals surface area (Å²) in [5, 5.41) is 5.85. The van der Waals surface area contributed by atoms with Crippen LogP contribution in [0.5, 0.6) is 0 Å². The normalized spacial score (nSPS) is 13.6. The van der Waals surface area contributed by atoms with Crippen molar-refractivity contribution < 1.29 is 22.5 Å². The molecule has 3 aromatic rings. The number of aromatic nitrogens is 1. The Morgan fingerprint density at radius 3 is 2.93 bits per heavy atom. The number of thiophene rings is 1. The van der Waals surface area contributed by atoms with E-state index in [0.29, 0.717) is 35.7 Å². The fourth-order valence-corrected chi connectivity index (χ4v) is 4.61. The fourth-order valence-electron chi connectivity index (χ4n) is 2.98. The predicted molar refractivity (Wildman–Crippen MR) is 101 cm³/mol. The van der Waals surface area contributed by atoms with E-state index in [1.165, 1.54) is 21.9 Å². The van der Waals surface area contributed by atoms with Crippen LogP contribution in [0, 0.1) is 0 Å². The van der Waals surface area contributed by atoms with Crippen molar-refractivity contribution in [2.75, 3.05) is 17.1 Å². The van der Waals surface area contributed by atoms with Crippen molar-refractivity contribution in [3.05, 3.63) is 58.6 Å². The maximum atomic E-state index is 12.3. The van der Waals surface area contributed by atoms with Gasteiger partial charge in [-0.15, -0.1) is 11.3 Å². The highest BCUT2D eigenvalue weighted by molar-refractivity contribution is 7.92. The standard InChI is InChI=1S/C18H16N2O5S2/c1-27(22,23)20-7-6-12-9-13(4-5-15(12)20)18(21)24-11-14-10-16(25-19-14)17-3-2-8-26-17/h2-5,8-10H,6-7,11H2,1H3. The summed E-state index contributed by atoms with van der Waals surface area (Å²) in [7, 11) is -3.31. The molecule has 0 atom stereocenters. The van der Waals surface area contributed by atoms with Crippen LogP contribution in [0.1, 0.15) is 21.6 Å². The van der Waals surface area contributed by atoms with Crippen molar-refractivity contribution in [2.24, 2.45) is 0 Å². The van der Waals surface area contributed by atoms with E-state index < -0.39 is 16.0 Å². The second-order valence-electron chi connectivity index (χ2n) is 6.16. The number of carbonyl (C=O) groups excluding carboxylic acids is 1. The quantitative estimate of drug-likeness (QED) is 0.607. The maximum absolute atomic E-state index is 12.3. The lowest BCUT2D eigenvalue weighted by molar-refractivity contribution is 0.0464. The molecule has 0 N–H and O–H groups in total. The van der Waals surface area contributed by atoms with E-state index in [1.807, 2.05) is 17.5 Å². The highest BCUT2D eigenvalue weighted by Crippen LogP contribution is 2.31. The van der Waals surface area contributed by atoms with Crippen LogP contribution in [-0.4, -0.2) is 32.3 Å². The van der Waals surface area contributed by atoms with Crippen molar-refractivity contribution in [2.45, 2.75) is 13.0 Å². The third kappa shape index (κ3) is 3.60. The minimum absolute atomic E-state index is 0.000256. The summed E-state index contributed by atoms with van der Waals surface area (Å²) in [5.74, 6) is 0.144. The van der Waals surface area contributed by atoms with E-state index in [9.17, 15) is 13.2 Å². The molecule has 2 aromatic heterocycles. The van der Waals surface area contributed by atoms with Crippen molar-refractivity contribution in [3.63, 3.8) is 0 Å². The molecular weight excluding hydrogens is 388 g/mol. The van der Waals surface area contributed by atoms with Crippen molar-refractivity contribution in [1.29, 1.82) is 0 Å². The van der Waals surface area contributed by atoms with Gasteiger partial charge in [0.05, 0.1) is 22.4 Å². The molecule has 9 heteroatoms. The first-order valence-electron chi connectivity index (χ1n) is 8.19. The molecule has 0 radical (unpaired) electrons. The number of esters is 1. The van der Waals surface area contributed by atoms with E-state index in [0.717, 1.165) is 10.4 Å². The zero-order valence-electron chi connectivity index (χ0n) is 14.4. The van der Waals surface area contributed by atoms with Crippen LogP contribution in [0.15, 0.2) is 46.3 Å². The molecule has 4 rings (SSSR count). The van der Waals surface area contributed by atoms with Crippen LogP contribution in [0.2, 0.25) is 0 Å². The average Bonchev–Trinajstić information content (AvgIpc) is 3.37. The minimum atomic E-state index is -3.31. The lowest BCUT2D eigenvalue weighted by atomic mass is 10.1. The van der Waals surface area contributed by atoms with Crippen LogP contribution < -0.4 is 4.31 Å². The van der Waals surface area contributed by atoms with Crippen LogP contribution in [0.3, 0.4) is 0 Å². The van der Waals surface area contributed by atoms with E-state index in [4.69, 9.17) is 9.26 Å². The van der Waals surface area contributed by atoms with E-state index in [1.54, 1.807) is 24.3 Å². The second-order valence-corrected chi connectivity index (χ2v) is 9.02. The highest BCUT2D eigenvalue weighted by Gasteiger charge is 2.27. The molecule has 7 nitrogen and oxygen atoms in total. The maximum Gasteiger partial charge on any atom is 0.338 e. The number of anilines is 1. The first-order valence-corrected chi connectivity index (χ1v) is 10.9. The zero-order chi connectivity index (χ0) is 19.0. The number of sulfonamides is 1. The third-order valence-corrected chi connectivity index (χ3v) is 6.31. The Hall–Kier alpha value is -2.65. The largest absolute Gasteiger partial charge is 0.455 e. The predicted octanol–water partition coefficient (Wildman–Crippen LogP) is 3.08. The van der Waals surface area contributed by atoms with Crippen LogP contribution in [-0.2, 0) is 27.8 Å². The molecule has 1 aliphatic rings. The molecule has 0 saturated heterocycles. The van der Waals surface area contributed by atoms with Gasteiger partial charge >= 0.3 is 5.97 Å². The van der Waals surface area contributed by atoms with Gasteiger partial charge in [-0.25, -0.2) is 13.2 Å². The summed E-state index contributed by atoms with van der Waals surface area (Å²) >= 11 is 1.54. The Morgan fingerprint density at radius 2 is 2.19 bits per heavy atom. The molecular formula is C18H16N2O5S2. The molecule has 0 unspecified atom stereocenters. The van der Waals surface area contributed by atoms with Gasteiger partial charge in [0.2, 0.25) is 10.0 Å². The van der Waals surface area contributed by atoms with Gasteiger partial charge in [-0.2, -0.15) is 0 Å². The molecule has 140 valence electrons. The number of fused-ring (bicyclic) bond motifs is 1. The molecule has 0 fully saturated rings. The Bertz CT molecular complexity index is 1090. The minimum Gasteiger partial charge on any atom is -0.455 e. The number of rotatable bonds is 5. The van der Waals surface area contributed by atoms with Crippen molar-refractivity contribution >= 4 is 33.0 Å². The van der Waals surface area contributed by atoms with Crippen LogP contribution >= 0.6 is 11.3 Å². The highest BCUT2D eigenvalue weighted by atomic mass is 32.2. The Labute approximate surface area is 160 Å². The summed E-state index contributed by atoms with van der Waals surface area (Å²) in [4.78, 5) is 13.3. The first kappa shape index (κ1) is 17.7. The van der Waals surface area contributed by atoms with Gasteiger partial charge in [0, 0.05) is 12.6 Å². The van der Waals surface area contributed by atoms with E-state index in [2.05, 4.69) is 5.16 Å². The monoisotopic (exact) mass is 404 g/mol. The molecule has 0 bridgehead atoms. The average molecular weight is 404 g/mol. The lowest BCUT2D eigenvalue weighted by Gasteiger charge is -2.16. The topological polar surface area (TPSA) is 89.7 Å². The first-order chi connectivity index (χ1) is 12.9. The molecule has 0 aliphatic carbocycles. The van der Waals surface area contributed by atoms with Crippen LogP contribution in [0.4, 0.5) is 5.69 Å². The fraction of sp³-hybridized carbons (Fsp3) is 0.222. The Morgan fingerprint density at radius 1 is 1.33 bits per heavy atom. The van der Waals surface area contributed by atoms with Gasteiger partial charge in [-0.3, -0.25) is 4.31 Å². The molecule has 0 amide bonds. The smallest absolute Gasteiger partial charge is 0.338 e. The van der Waals surface area contributed by atoms with Gasteiger partial charge in [0.1, 0.15) is 12.3 Å².